The molecule has 2 rings (SSSR count). The summed E-state index contributed by atoms with van der Waals surface area (Å²) in [6.07, 6.45) is 8.61. The lowest BCUT2D eigenvalue weighted by molar-refractivity contribution is 0.474. The van der Waals surface area contributed by atoms with Gasteiger partial charge in [-0.15, -0.1) is 0 Å². The highest BCUT2D eigenvalue weighted by Crippen LogP contribution is 2.39. The molecular formula is C16H24FNS. The van der Waals surface area contributed by atoms with E-state index < -0.39 is 0 Å². The van der Waals surface area contributed by atoms with E-state index in [4.69, 9.17) is 0 Å². The second-order valence-electron chi connectivity index (χ2n) is 5.71. The third-order valence-electron chi connectivity index (χ3n) is 4.18. The Hall–Kier alpha value is -0.540. The molecule has 106 valence electrons. The first-order chi connectivity index (χ1) is 9.13. The number of rotatable bonds is 6. The summed E-state index contributed by atoms with van der Waals surface area (Å²) in [6, 6.07) is 7.29. The molecule has 0 aromatic heterocycles. The van der Waals surface area contributed by atoms with Gasteiger partial charge in [0.15, 0.2) is 0 Å². The zero-order valence-corrected chi connectivity index (χ0v) is 12.7. The molecule has 3 heteroatoms. The van der Waals surface area contributed by atoms with E-state index in [-0.39, 0.29) is 5.82 Å². The monoisotopic (exact) mass is 281 g/mol. The van der Waals surface area contributed by atoms with Crippen molar-refractivity contribution in [3.63, 3.8) is 0 Å². The van der Waals surface area contributed by atoms with Gasteiger partial charge in [0.1, 0.15) is 5.82 Å². The Morgan fingerprint density at radius 2 is 1.89 bits per heavy atom. The van der Waals surface area contributed by atoms with Gasteiger partial charge in [0.2, 0.25) is 0 Å². The van der Waals surface area contributed by atoms with E-state index in [0.29, 0.717) is 10.8 Å². The van der Waals surface area contributed by atoms with Crippen molar-refractivity contribution in [2.45, 2.75) is 49.8 Å². The van der Waals surface area contributed by atoms with E-state index in [2.05, 4.69) is 18.5 Å². The predicted molar refractivity (Wildman–Crippen MR) is 82.3 cm³/mol. The van der Waals surface area contributed by atoms with Crippen molar-refractivity contribution in [1.29, 1.82) is 0 Å². The van der Waals surface area contributed by atoms with Crippen molar-refractivity contribution in [3.05, 3.63) is 35.6 Å². The maximum absolute atomic E-state index is 12.9. The molecule has 0 spiro atoms. The van der Waals surface area contributed by atoms with Crippen LogP contribution >= 0.6 is 11.8 Å². The molecule has 1 unspecified atom stereocenters. The molecule has 1 aromatic carbocycles. The van der Waals surface area contributed by atoms with Crippen LogP contribution in [0.25, 0.3) is 0 Å². The van der Waals surface area contributed by atoms with Gasteiger partial charge >= 0.3 is 0 Å². The highest BCUT2D eigenvalue weighted by atomic mass is 32.2. The van der Waals surface area contributed by atoms with Crippen LogP contribution in [0.4, 0.5) is 4.39 Å². The molecule has 19 heavy (non-hydrogen) atoms. The maximum Gasteiger partial charge on any atom is 0.123 e. The Labute approximate surface area is 120 Å². The molecule has 1 aromatic rings. The first-order valence-corrected chi connectivity index (χ1v) is 8.39. The van der Waals surface area contributed by atoms with Crippen molar-refractivity contribution in [1.82, 2.24) is 5.32 Å². The van der Waals surface area contributed by atoms with Crippen LogP contribution in [0.1, 0.15) is 38.2 Å². The minimum Gasteiger partial charge on any atom is -0.313 e. The average Bonchev–Trinajstić information content (AvgIpc) is 2.89. The van der Waals surface area contributed by atoms with Crippen molar-refractivity contribution >= 4 is 11.8 Å². The molecular weight excluding hydrogens is 257 g/mol. The van der Waals surface area contributed by atoms with Crippen LogP contribution in [-0.4, -0.2) is 23.6 Å². The molecule has 1 aliphatic carbocycles. The average molecular weight is 281 g/mol. The summed E-state index contributed by atoms with van der Waals surface area (Å²) >= 11 is 2.02. The molecule has 1 saturated carbocycles. The molecule has 1 nitrogen and oxygen atoms in total. The van der Waals surface area contributed by atoms with Gasteiger partial charge in [-0.25, -0.2) is 4.39 Å². The lowest BCUT2D eigenvalue weighted by Crippen LogP contribution is -2.40. The minimum absolute atomic E-state index is 0.156. The normalized spacial score (nSPS) is 19.5. The molecule has 1 aliphatic rings. The highest BCUT2D eigenvalue weighted by molar-refractivity contribution is 8.00. The Bertz CT molecular complexity index is 384. The van der Waals surface area contributed by atoms with E-state index in [9.17, 15) is 4.39 Å². The van der Waals surface area contributed by atoms with Gasteiger partial charge in [-0.05, 0) is 50.1 Å². The van der Waals surface area contributed by atoms with Crippen LogP contribution in [0.5, 0.6) is 0 Å². The standard InChI is InChI=1S/C16H24FNS/c1-13(11-14-5-7-15(17)8-6-14)18-12-16(19-2)9-3-4-10-16/h5-8,13,18H,3-4,9-12H2,1-2H3. The zero-order valence-electron chi connectivity index (χ0n) is 11.9. The van der Waals surface area contributed by atoms with Crippen molar-refractivity contribution < 1.29 is 4.39 Å². The first kappa shape index (κ1) is 14.9. The van der Waals surface area contributed by atoms with Gasteiger partial charge in [0.25, 0.3) is 0 Å². The lowest BCUT2D eigenvalue weighted by Gasteiger charge is -2.29. The molecule has 1 atom stereocenters. The van der Waals surface area contributed by atoms with E-state index >= 15 is 0 Å². The number of hydrogen-bond donors (Lipinski definition) is 1. The van der Waals surface area contributed by atoms with Crippen molar-refractivity contribution in [2.24, 2.45) is 0 Å². The molecule has 0 amide bonds. The minimum atomic E-state index is -0.156. The Morgan fingerprint density at radius 3 is 2.47 bits per heavy atom. The molecule has 0 radical (unpaired) electrons. The fourth-order valence-corrected chi connectivity index (χ4v) is 3.80. The van der Waals surface area contributed by atoms with Gasteiger partial charge in [-0.2, -0.15) is 11.8 Å². The second-order valence-corrected chi connectivity index (χ2v) is 6.98. The Morgan fingerprint density at radius 1 is 1.26 bits per heavy atom. The zero-order chi connectivity index (χ0) is 13.7. The van der Waals surface area contributed by atoms with E-state index in [1.54, 1.807) is 12.1 Å². The summed E-state index contributed by atoms with van der Waals surface area (Å²) in [5.41, 5.74) is 1.20. The predicted octanol–water partition coefficient (Wildman–Crippen LogP) is 4.02. The van der Waals surface area contributed by atoms with Crippen molar-refractivity contribution in [2.75, 3.05) is 12.8 Å². The molecule has 1 fully saturated rings. The van der Waals surface area contributed by atoms with E-state index in [1.807, 2.05) is 23.9 Å². The Kier molecular flexibility index (Phi) is 5.28. The molecule has 0 aliphatic heterocycles. The number of halogens is 1. The number of nitrogens with one attached hydrogen (secondary N) is 1. The number of hydrogen-bond acceptors (Lipinski definition) is 2. The summed E-state index contributed by atoms with van der Waals surface area (Å²) < 4.78 is 13.3. The topological polar surface area (TPSA) is 12.0 Å². The van der Waals surface area contributed by atoms with Crippen LogP contribution < -0.4 is 5.32 Å². The molecule has 1 N–H and O–H groups in total. The van der Waals surface area contributed by atoms with Gasteiger partial charge < -0.3 is 5.32 Å². The van der Waals surface area contributed by atoms with E-state index in [0.717, 1.165) is 13.0 Å². The molecule has 0 bridgehead atoms. The summed E-state index contributed by atoms with van der Waals surface area (Å²) in [5.74, 6) is -0.156. The number of benzene rings is 1. The third kappa shape index (κ3) is 4.22. The van der Waals surface area contributed by atoms with Crippen LogP contribution in [0.3, 0.4) is 0 Å². The van der Waals surface area contributed by atoms with Crippen LogP contribution in [-0.2, 0) is 6.42 Å². The maximum atomic E-state index is 12.9. The van der Waals surface area contributed by atoms with Gasteiger partial charge in [0.05, 0.1) is 0 Å². The quantitative estimate of drug-likeness (QED) is 0.845. The SMILES string of the molecule is CSC1(CNC(C)Cc2ccc(F)cc2)CCCC1. The highest BCUT2D eigenvalue weighted by Gasteiger charge is 2.32. The largest absolute Gasteiger partial charge is 0.313 e. The van der Waals surface area contributed by atoms with Crippen LogP contribution in [0.15, 0.2) is 24.3 Å². The molecule has 0 heterocycles. The van der Waals surface area contributed by atoms with Crippen LogP contribution in [0, 0.1) is 5.82 Å². The summed E-state index contributed by atoms with van der Waals surface area (Å²) in [7, 11) is 0. The molecule has 0 saturated heterocycles. The van der Waals surface area contributed by atoms with Gasteiger partial charge in [0, 0.05) is 17.3 Å². The van der Waals surface area contributed by atoms with Gasteiger partial charge in [-0.3, -0.25) is 0 Å². The van der Waals surface area contributed by atoms with Crippen molar-refractivity contribution in [3.8, 4) is 0 Å². The third-order valence-corrected chi connectivity index (χ3v) is 5.59. The Balaban J connectivity index is 1.81. The first-order valence-electron chi connectivity index (χ1n) is 7.16. The summed E-state index contributed by atoms with van der Waals surface area (Å²) in [6.45, 7) is 3.31. The fraction of sp³-hybridized carbons (Fsp3) is 0.625. The van der Waals surface area contributed by atoms with Crippen LogP contribution in [0.2, 0.25) is 0 Å². The lowest BCUT2D eigenvalue weighted by atomic mass is 10.0. The fourth-order valence-electron chi connectivity index (χ4n) is 2.88. The van der Waals surface area contributed by atoms with E-state index in [1.165, 1.54) is 31.2 Å². The van der Waals surface area contributed by atoms with Gasteiger partial charge in [-0.1, -0.05) is 25.0 Å². The second kappa shape index (κ2) is 6.76. The smallest absolute Gasteiger partial charge is 0.123 e. The number of thioether (sulfide) groups is 1. The summed E-state index contributed by atoms with van der Waals surface area (Å²) in [5, 5.41) is 3.66. The summed E-state index contributed by atoms with van der Waals surface area (Å²) in [4.78, 5) is 0.